The summed E-state index contributed by atoms with van der Waals surface area (Å²) in [5.41, 5.74) is -0.288. The van der Waals surface area contributed by atoms with Gasteiger partial charge in [-0.25, -0.2) is 4.79 Å². The van der Waals surface area contributed by atoms with Crippen molar-refractivity contribution in [1.82, 2.24) is 4.90 Å². The zero-order chi connectivity index (χ0) is 14.2. The Morgan fingerprint density at radius 3 is 2.63 bits per heavy atom. The molecule has 6 heteroatoms. The number of cyclic esters (lactones) is 1. The lowest BCUT2D eigenvalue weighted by Gasteiger charge is -2.32. The zero-order valence-electron chi connectivity index (χ0n) is 10.6. The summed E-state index contributed by atoms with van der Waals surface area (Å²) in [7, 11) is 1.70. The number of esters is 1. The number of nitrogens with zero attached hydrogens (tertiary/aromatic N) is 1. The van der Waals surface area contributed by atoms with Crippen LogP contribution in [0.1, 0.15) is 22.7 Å². The van der Waals surface area contributed by atoms with Gasteiger partial charge in [-0.05, 0) is 31.2 Å². The Kier molecular flexibility index (Phi) is 3.54. The molecule has 1 aliphatic heterocycles. The molecule has 1 atom stereocenters. The topological polar surface area (TPSA) is 29.5 Å². The average Bonchev–Trinajstić information content (AvgIpc) is 2.29. The molecular formula is C13H14F3NO2. The van der Waals surface area contributed by atoms with Gasteiger partial charge in [0.15, 0.2) is 0 Å². The van der Waals surface area contributed by atoms with Crippen LogP contribution in [0.2, 0.25) is 0 Å². The molecule has 2 rings (SSSR count). The van der Waals surface area contributed by atoms with E-state index < -0.39 is 23.8 Å². The first-order valence-electron chi connectivity index (χ1n) is 5.86. The Morgan fingerprint density at radius 2 is 2.05 bits per heavy atom. The molecule has 0 spiro atoms. The van der Waals surface area contributed by atoms with E-state index in [-0.39, 0.29) is 12.2 Å². The maximum atomic E-state index is 12.9. The molecule has 0 amide bonds. The molecule has 1 aromatic rings. The van der Waals surface area contributed by atoms with Gasteiger partial charge in [-0.15, -0.1) is 0 Å². The van der Waals surface area contributed by atoms with Crippen molar-refractivity contribution in [2.24, 2.45) is 0 Å². The number of carbonyl (C=O) groups is 1. The Labute approximate surface area is 109 Å². The van der Waals surface area contributed by atoms with Gasteiger partial charge in [0.2, 0.25) is 0 Å². The Bertz CT molecular complexity index is 499. The summed E-state index contributed by atoms with van der Waals surface area (Å²) in [5, 5.41) is 0. The van der Waals surface area contributed by atoms with Crippen molar-refractivity contribution in [2.45, 2.75) is 19.1 Å². The summed E-state index contributed by atoms with van der Waals surface area (Å²) >= 11 is 0. The van der Waals surface area contributed by atoms with Gasteiger partial charge in [-0.2, -0.15) is 13.2 Å². The predicted molar refractivity (Wildman–Crippen MR) is 62.5 cm³/mol. The highest BCUT2D eigenvalue weighted by Crippen LogP contribution is 2.36. The summed E-state index contributed by atoms with van der Waals surface area (Å²) in [5.74, 6) is -0.504. The van der Waals surface area contributed by atoms with E-state index in [1.165, 1.54) is 13.0 Å². The van der Waals surface area contributed by atoms with E-state index in [9.17, 15) is 18.0 Å². The highest BCUT2D eigenvalue weighted by molar-refractivity contribution is 5.79. The monoisotopic (exact) mass is 273 g/mol. The van der Waals surface area contributed by atoms with Crippen LogP contribution in [0, 0.1) is 6.92 Å². The SMILES string of the molecule is Cc1c(C2C(=O)OCCN2C)cccc1C(F)(F)F. The van der Waals surface area contributed by atoms with Gasteiger partial charge in [-0.3, -0.25) is 4.90 Å². The minimum absolute atomic E-state index is 0.0747. The average molecular weight is 273 g/mol. The van der Waals surface area contributed by atoms with Crippen LogP contribution in [0.15, 0.2) is 18.2 Å². The lowest BCUT2D eigenvalue weighted by Crippen LogP contribution is -2.40. The van der Waals surface area contributed by atoms with Gasteiger partial charge in [0.25, 0.3) is 0 Å². The lowest BCUT2D eigenvalue weighted by atomic mass is 9.95. The summed E-state index contributed by atoms with van der Waals surface area (Å²) in [6.07, 6.45) is -4.42. The maximum absolute atomic E-state index is 12.9. The highest BCUT2D eigenvalue weighted by atomic mass is 19.4. The van der Waals surface area contributed by atoms with Crippen molar-refractivity contribution in [2.75, 3.05) is 20.2 Å². The van der Waals surface area contributed by atoms with Gasteiger partial charge in [0.1, 0.15) is 12.6 Å². The van der Waals surface area contributed by atoms with Crippen LogP contribution in [0.25, 0.3) is 0 Å². The smallest absolute Gasteiger partial charge is 0.416 e. The van der Waals surface area contributed by atoms with E-state index in [2.05, 4.69) is 0 Å². The minimum atomic E-state index is -4.42. The quantitative estimate of drug-likeness (QED) is 0.736. The summed E-state index contributed by atoms with van der Waals surface area (Å²) < 4.78 is 43.5. The van der Waals surface area contributed by atoms with Gasteiger partial charge in [-0.1, -0.05) is 12.1 Å². The minimum Gasteiger partial charge on any atom is -0.463 e. The number of ether oxygens (including phenoxy) is 1. The number of carbonyl (C=O) groups excluding carboxylic acids is 1. The normalized spacial score (nSPS) is 21.3. The molecule has 1 heterocycles. The fraction of sp³-hybridized carbons (Fsp3) is 0.462. The number of benzene rings is 1. The van der Waals surface area contributed by atoms with Crippen LogP contribution < -0.4 is 0 Å². The molecule has 1 aliphatic rings. The Balaban J connectivity index is 2.48. The highest BCUT2D eigenvalue weighted by Gasteiger charge is 2.37. The first kappa shape index (κ1) is 13.9. The largest absolute Gasteiger partial charge is 0.463 e. The summed E-state index contributed by atoms with van der Waals surface area (Å²) in [6, 6.07) is 3.11. The number of morpholine rings is 1. The van der Waals surface area contributed by atoms with Gasteiger partial charge < -0.3 is 4.74 Å². The van der Waals surface area contributed by atoms with Crippen LogP contribution in [-0.4, -0.2) is 31.1 Å². The second-order valence-corrected chi connectivity index (χ2v) is 4.57. The molecule has 1 unspecified atom stereocenters. The second kappa shape index (κ2) is 4.85. The van der Waals surface area contributed by atoms with E-state index in [0.717, 1.165) is 6.07 Å². The van der Waals surface area contributed by atoms with E-state index in [1.807, 2.05) is 0 Å². The molecule has 0 aromatic heterocycles. The van der Waals surface area contributed by atoms with Gasteiger partial charge >= 0.3 is 12.1 Å². The van der Waals surface area contributed by atoms with E-state index in [1.54, 1.807) is 18.0 Å². The maximum Gasteiger partial charge on any atom is 0.416 e. The molecule has 104 valence electrons. The Hall–Kier alpha value is -1.56. The standard InChI is InChI=1S/C13H14F3NO2/c1-8-9(4-3-5-10(8)13(14,15)16)11-12(18)19-7-6-17(11)2/h3-5,11H,6-7H2,1-2H3. The third-order valence-corrected chi connectivity index (χ3v) is 3.33. The lowest BCUT2D eigenvalue weighted by molar-refractivity contribution is -0.156. The van der Waals surface area contributed by atoms with Crippen molar-refractivity contribution in [3.8, 4) is 0 Å². The van der Waals surface area contributed by atoms with Crippen molar-refractivity contribution in [3.63, 3.8) is 0 Å². The van der Waals surface area contributed by atoms with E-state index >= 15 is 0 Å². The number of hydrogen-bond acceptors (Lipinski definition) is 3. The number of hydrogen-bond donors (Lipinski definition) is 0. The van der Waals surface area contributed by atoms with E-state index in [4.69, 9.17) is 4.74 Å². The molecule has 3 nitrogen and oxygen atoms in total. The molecule has 19 heavy (non-hydrogen) atoms. The van der Waals surface area contributed by atoms with E-state index in [0.29, 0.717) is 12.1 Å². The number of likely N-dealkylation sites (N-methyl/N-ethyl adjacent to an activating group) is 1. The molecule has 0 N–H and O–H groups in total. The molecule has 0 saturated carbocycles. The van der Waals surface area contributed by atoms with Gasteiger partial charge in [0.05, 0.1) is 5.56 Å². The van der Waals surface area contributed by atoms with Crippen LogP contribution in [0.5, 0.6) is 0 Å². The number of rotatable bonds is 1. The molecular weight excluding hydrogens is 259 g/mol. The zero-order valence-corrected chi connectivity index (χ0v) is 10.6. The van der Waals surface area contributed by atoms with Crippen LogP contribution in [0.3, 0.4) is 0 Å². The molecule has 1 saturated heterocycles. The van der Waals surface area contributed by atoms with Crippen molar-refractivity contribution in [3.05, 3.63) is 34.9 Å². The van der Waals surface area contributed by atoms with Crippen LogP contribution in [0.4, 0.5) is 13.2 Å². The number of alkyl halides is 3. The Morgan fingerprint density at radius 1 is 1.37 bits per heavy atom. The van der Waals surface area contributed by atoms with Crippen molar-refractivity contribution < 1.29 is 22.7 Å². The molecule has 1 fully saturated rings. The molecule has 0 radical (unpaired) electrons. The fourth-order valence-electron chi connectivity index (χ4n) is 2.30. The molecule has 0 bridgehead atoms. The second-order valence-electron chi connectivity index (χ2n) is 4.57. The third-order valence-electron chi connectivity index (χ3n) is 3.33. The van der Waals surface area contributed by atoms with Crippen LogP contribution >= 0.6 is 0 Å². The third kappa shape index (κ3) is 2.58. The van der Waals surface area contributed by atoms with Gasteiger partial charge in [0, 0.05) is 6.54 Å². The molecule has 1 aromatic carbocycles. The van der Waals surface area contributed by atoms with Crippen molar-refractivity contribution in [1.29, 1.82) is 0 Å². The summed E-state index contributed by atoms with van der Waals surface area (Å²) in [6.45, 7) is 2.16. The van der Waals surface area contributed by atoms with Crippen molar-refractivity contribution >= 4 is 5.97 Å². The summed E-state index contributed by atoms with van der Waals surface area (Å²) in [4.78, 5) is 13.5. The first-order valence-corrected chi connectivity index (χ1v) is 5.86. The van der Waals surface area contributed by atoms with Crippen LogP contribution in [-0.2, 0) is 15.7 Å². The molecule has 0 aliphatic carbocycles. The first-order chi connectivity index (χ1) is 8.82. The predicted octanol–water partition coefficient (Wildman–Crippen LogP) is 2.54. The number of halogens is 3. The fourth-order valence-corrected chi connectivity index (χ4v) is 2.30.